The maximum atomic E-state index is 13.4. The monoisotopic (exact) mass is 458 g/mol. The smallest absolute Gasteiger partial charge is 0.303 e. The first-order valence-electron chi connectivity index (χ1n) is 11.9. The standard InChI is InChI=1S/C26H34O7/c1-14-10-18-19-7-9-26(33-16(3)28,22(31)13-32-15(2)27)25(19,5)12-21(30)23(18)24(4)8-6-17(29)11-20(14)24/h6,8,11,14,18-19,21,23,30H,7,9-10,12-13H2,1-5H3/t14-,18-,19-,21?,23+,24-,25-,26-/m0/s1. The number of fused-ring (bicyclic) bond motifs is 5. The predicted octanol–water partition coefficient (Wildman–Crippen LogP) is 2.95. The highest BCUT2D eigenvalue weighted by molar-refractivity contribution is 6.01. The molecule has 4 rings (SSSR count). The van der Waals surface area contributed by atoms with Crippen molar-refractivity contribution < 1.29 is 33.8 Å². The lowest BCUT2D eigenvalue weighted by atomic mass is 9.44. The number of carbonyl (C=O) groups excluding carboxylic acids is 4. The molecule has 0 heterocycles. The number of esters is 2. The van der Waals surface area contributed by atoms with Gasteiger partial charge in [-0.25, -0.2) is 0 Å². The Morgan fingerprint density at radius 2 is 1.88 bits per heavy atom. The van der Waals surface area contributed by atoms with Gasteiger partial charge in [-0.2, -0.15) is 0 Å². The van der Waals surface area contributed by atoms with Gasteiger partial charge in [0.1, 0.15) is 0 Å². The zero-order valence-corrected chi connectivity index (χ0v) is 20.1. The molecule has 4 aliphatic carbocycles. The third kappa shape index (κ3) is 3.42. The molecule has 3 fully saturated rings. The van der Waals surface area contributed by atoms with Gasteiger partial charge < -0.3 is 14.6 Å². The Bertz CT molecular complexity index is 964. The number of Topliss-reactive ketones (excluding diaryl/α,β-unsaturated/α-hetero) is 1. The van der Waals surface area contributed by atoms with E-state index in [4.69, 9.17) is 9.47 Å². The van der Waals surface area contributed by atoms with E-state index in [0.717, 1.165) is 12.0 Å². The Labute approximate surface area is 194 Å². The van der Waals surface area contributed by atoms with Crippen molar-refractivity contribution in [1.29, 1.82) is 0 Å². The van der Waals surface area contributed by atoms with E-state index in [2.05, 4.69) is 13.8 Å². The molecule has 0 saturated heterocycles. The summed E-state index contributed by atoms with van der Waals surface area (Å²) in [6.45, 7) is 8.21. The summed E-state index contributed by atoms with van der Waals surface area (Å²) in [5, 5.41) is 11.6. The highest BCUT2D eigenvalue weighted by Crippen LogP contribution is 2.68. The maximum Gasteiger partial charge on any atom is 0.303 e. The minimum atomic E-state index is -1.44. The van der Waals surface area contributed by atoms with Crippen LogP contribution in [0.5, 0.6) is 0 Å². The van der Waals surface area contributed by atoms with Gasteiger partial charge in [-0.05, 0) is 55.6 Å². The highest BCUT2D eigenvalue weighted by Gasteiger charge is 2.70. The van der Waals surface area contributed by atoms with Crippen LogP contribution in [0.3, 0.4) is 0 Å². The number of aliphatic hydroxyl groups is 1. The van der Waals surface area contributed by atoms with Crippen LogP contribution < -0.4 is 0 Å². The summed E-state index contributed by atoms with van der Waals surface area (Å²) in [5.74, 6) is -1.40. The Morgan fingerprint density at radius 3 is 2.52 bits per heavy atom. The summed E-state index contributed by atoms with van der Waals surface area (Å²) in [6.07, 6.45) is 6.62. The van der Waals surface area contributed by atoms with Crippen molar-refractivity contribution >= 4 is 23.5 Å². The van der Waals surface area contributed by atoms with Gasteiger partial charge in [-0.15, -0.1) is 0 Å². The van der Waals surface area contributed by atoms with Crippen LogP contribution in [-0.4, -0.2) is 46.9 Å². The molecule has 0 bridgehead atoms. The first-order chi connectivity index (χ1) is 15.4. The van der Waals surface area contributed by atoms with E-state index in [1.807, 2.05) is 13.0 Å². The topological polar surface area (TPSA) is 107 Å². The van der Waals surface area contributed by atoms with Gasteiger partial charge in [0.2, 0.25) is 5.78 Å². The molecule has 7 heteroatoms. The summed E-state index contributed by atoms with van der Waals surface area (Å²) < 4.78 is 10.8. The first-order valence-corrected chi connectivity index (χ1v) is 11.9. The van der Waals surface area contributed by atoms with E-state index in [1.165, 1.54) is 13.8 Å². The quantitative estimate of drug-likeness (QED) is 0.646. The average molecular weight is 459 g/mol. The van der Waals surface area contributed by atoms with Crippen LogP contribution >= 0.6 is 0 Å². The van der Waals surface area contributed by atoms with E-state index < -0.39 is 46.9 Å². The zero-order chi connectivity index (χ0) is 24.3. The molecular weight excluding hydrogens is 424 g/mol. The zero-order valence-electron chi connectivity index (χ0n) is 20.1. The van der Waals surface area contributed by atoms with Crippen molar-refractivity contribution in [3.63, 3.8) is 0 Å². The Kier molecular flexibility index (Phi) is 5.71. The van der Waals surface area contributed by atoms with Crippen molar-refractivity contribution in [2.24, 2.45) is 34.5 Å². The molecule has 0 aromatic carbocycles. The number of aliphatic hydroxyl groups excluding tert-OH is 1. The molecule has 4 aliphatic rings. The van der Waals surface area contributed by atoms with Crippen molar-refractivity contribution in [3.8, 4) is 0 Å². The fourth-order valence-electron chi connectivity index (χ4n) is 7.95. The molecule has 180 valence electrons. The van der Waals surface area contributed by atoms with Gasteiger partial charge in [0, 0.05) is 30.6 Å². The SMILES string of the molecule is CC(=O)OCC(=O)[C@@]1(OC(C)=O)CC[C@H]2[C@@H]3C[C@H](C)C4=CC(=O)C=C[C@]4(C)[C@H]3C(O)C[C@@]21C. The lowest BCUT2D eigenvalue weighted by Crippen LogP contribution is -2.63. The summed E-state index contributed by atoms with van der Waals surface area (Å²) in [4.78, 5) is 49.1. The van der Waals surface area contributed by atoms with Crippen LogP contribution in [0.4, 0.5) is 0 Å². The number of ether oxygens (including phenoxy) is 2. The van der Waals surface area contributed by atoms with Crippen molar-refractivity contribution in [2.45, 2.75) is 72.0 Å². The number of rotatable bonds is 4. The molecule has 1 unspecified atom stereocenters. The van der Waals surface area contributed by atoms with Crippen LogP contribution in [0.15, 0.2) is 23.8 Å². The molecule has 7 nitrogen and oxygen atoms in total. The second-order valence-corrected chi connectivity index (χ2v) is 10.9. The molecular formula is C26H34O7. The molecule has 8 atom stereocenters. The summed E-state index contributed by atoms with van der Waals surface area (Å²) in [5.41, 5.74) is -1.61. The van der Waals surface area contributed by atoms with Gasteiger partial charge in [-0.1, -0.05) is 32.4 Å². The molecule has 0 aromatic rings. The maximum absolute atomic E-state index is 13.4. The average Bonchev–Trinajstić information content (AvgIpc) is 2.99. The molecule has 0 amide bonds. The summed E-state index contributed by atoms with van der Waals surface area (Å²) in [7, 11) is 0. The van der Waals surface area contributed by atoms with Gasteiger partial charge in [-0.3, -0.25) is 19.2 Å². The fraction of sp³-hybridized carbons (Fsp3) is 0.692. The van der Waals surface area contributed by atoms with Crippen LogP contribution in [-0.2, 0) is 28.7 Å². The van der Waals surface area contributed by atoms with E-state index >= 15 is 0 Å². The van der Waals surface area contributed by atoms with Crippen molar-refractivity contribution in [3.05, 3.63) is 23.8 Å². The molecule has 33 heavy (non-hydrogen) atoms. The number of carbonyl (C=O) groups is 4. The number of hydrogen-bond acceptors (Lipinski definition) is 7. The van der Waals surface area contributed by atoms with Crippen LogP contribution in [0, 0.1) is 34.5 Å². The molecule has 0 radical (unpaired) electrons. The summed E-state index contributed by atoms with van der Waals surface area (Å²) >= 11 is 0. The fourth-order valence-corrected chi connectivity index (χ4v) is 7.95. The number of allylic oxidation sites excluding steroid dienone is 4. The minimum absolute atomic E-state index is 0.0197. The third-order valence-corrected chi connectivity index (χ3v) is 9.11. The van der Waals surface area contributed by atoms with Gasteiger partial charge in [0.05, 0.1) is 6.10 Å². The van der Waals surface area contributed by atoms with Crippen LogP contribution in [0.2, 0.25) is 0 Å². The normalized spacial score (nSPS) is 43.6. The van der Waals surface area contributed by atoms with Crippen molar-refractivity contribution in [1.82, 2.24) is 0 Å². The van der Waals surface area contributed by atoms with Crippen molar-refractivity contribution in [2.75, 3.05) is 6.61 Å². The van der Waals surface area contributed by atoms with E-state index in [0.29, 0.717) is 12.8 Å². The number of hydrogen-bond donors (Lipinski definition) is 1. The molecule has 1 N–H and O–H groups in total. The first kappa shape index (κ1) is 23.9. The minimum Gasteiger partial charge on any atom is -0.458 e. The molecule has 0 aromatic heterocycles. The summed E-state index contributed by atoms with van der Waals surface area (Å²) in [6, 6.07) is 0. The number of ketones is 2. The molecule has 0 spiro atoms. The van der Waals surface area contributed by atoms with Gasteiger partial charge in [0.25, 0.3) is 0 Å². The molecule has 3 saturated carbocycles. The van der Waals surface area contributed by atoms with E-state index in [1.54, 1.807) is 12.2 Å². The third-order valence-electron chi connectivity index (χ3n) is 9.11. The van der Waals surface area contributed by atoms with Crippen LogP contribution in [0.25, 0.3) is 0 Å². The Morgan fingerprint density at radius 1 is 1.18 bits per heavy atom. The van der Waals surface area contributed by atoms with Crippen LogP contribution in [0.1, 0.15) is 60.3 Å². The molecule has 0 aliphatic heterocycles. The lowest BCUT2D eigenvalue weighted by molar-refractivity contribution is -0.200. The highest BCUT2D eigenvalue weighted by atomic mass is 16.6. The predicted molar refractivity (Wildman–Crippen MR) is 119 cm³/mol. The second-order valence-electron chi connectivity index (χ2n) is 10.9. The largest absolute Gasteiger partial charge is 0.458 e. The lowest BCUT2D eigenvalue weighted by Gasteiger charge is -2.61. The van der Waals surface area contributed by atoms with E-state index in [-0.39, 0.29) is 35.9 Å². The Balaban J connectivity index is 1.76. The second kappa shape index (κ2) is 7.90. The van der Waals surface area contributed by atoms with E-state index in [9.17, 15) is 24.3 Å². The Hall–Kier alpha value is -2.28. The van der Waals surface area contributed by atoms with Gasteiger partial charge in [0.15, 0.2) is 18.0 Å². The van der Waals surface area contributed by atoms with Gasteiger partial charge >= 0.3 is 11.9 Å².